The number of cyclic esters (lactones) is 1. The minimum atomic E-state index is -1.06. The zero-order chi connectivity index (χ0) is 32.0. The number of ether oxygens (including phenoxy) is 1. The van der Waals surface area contributed by atoms with Gasteiger partial charge in [-0.2, -0.15) is 0 Å². The minimum absolute atomic E-state index is 0.0208. The molecule has 4 atom stereocenters. The Hall–Kier alpha value is -2.73. The van der Waals surface area contributed by atoms with E-state index < -0.39 is 47.7 Å². The second-order valence-corrected chi connectivity index (χ2v) is 13.3. The van der Waals surface area contributed by atoms with Crippen molar-refractivity contribution in [2.24, 2.45) is 17.8 Å². The van der Waals surface area contributed by atoms with E-state index in [1.54, 1.807) is 46.8 Å². The largest absolute Gasteiger partial charge is 0.456 e. The first kappa shape index (κ1) is 37.3. The molecule has 0 aromatic rings. The summed E-state index contributed by atoms with van der Waals surface area (Å²) in [6, 6.07) is -2.12. The second kappa shape index (κ2) is 18.7. The summed E-state index contributed by atoms with van der Waals surface area (Å²) in [6.07, 6.45) is 3.68. The molecule has 0 aliphatic carbocycles. The number of carbonyl (C=O) groups excluding carboxylic acids is 7. The number of Topliss-reactive ketones (excluding diaryl/α,β-unsaturated/α-hetero) is 2. The fraction of sp³-hybridized carbons (Fsp3) is 0.633. The molecule has 234 valence electrons. The van der Waals surface area contributed by atoms with E-state index in [0.717, 1.165) is 23.5 Å². The van der Waals surface area contributed by atoms with Gasteiger partial charge in [-0.05, 0) is 31.3 Å². The van der Waals surface area contributed by atoms with E-state index >= 15 is 0 Å². The number of allylic oxidation sites excluding steroid dienone is 2. The third-order valence-electron chi connectivity index (χ3n) is 6.60. The third-order valence-corrected chi connectivity index (χ3v) is 8.35. The van der Waals surface area contributed by atoms with E-state index in [0.29, 0.717) is 12.2 Å². The molecule has 1 rings (SSSR count). The van der Waals surface area contributed by atoms with Crippen LogP contribution in [-0.2, 0) is 38.3 Å². The van der Waals surface area contributed by atoms with Crippen molar-refractivity contribution in [3.8, 4) is 0 Å². The Morgan fingerprint density at radius 1 is 0.952 bits per heavy atom. The van der Waals surface area contributed by atoms with Crippen LogP contribution in [0, 0.1) is 17.8 Å². The van der Waals surface area contributed by atoms with E-state index in [1.807, 2.05) is 0 Å². The van der Waals surface area contributed by atoms with Gasteiger partial charge in [0.25, 0.3) is 0 Å². The Bertz CT molecular complexity index is 1080. The van der Waals surface area contributed by atoms with Crippen LogP contribution in [0.1, 0.15) is 74.1 Å². The van der Waals surface area contributed by atoms with Gasteiger partial charge in [-0.3, -0.25) is 28.8 Å². The number of rotatable bonds is 8. The summed E-state index contributed by atoms with van der Waals surface area (Å²) in [7, 11) is 0. The Labute approximate surface area is 257 Å². The van der Waals surface area contributed by atoms with E-state index in [4.69, 9.17) is 4.74 Å². The van der Waals surface area contributed by atoms with Crippen LogP contribution in [-0.4, -0.2) is 69.3 Å². The summed E-state index contributed by atoms with van der Waals surface area (Å²) in [4.78, 5) is 89.1. The summed E-state index contributed by atoms with van der Waals surface area (Å²) in [5, 5.41) is 5.12. The SMILES string of the molecule is C/C=C1/CC(=O)[C@@H](CSC(C)=O)NC(=O)[C@@H](C(C)C)CC(=O)C[C@@H](/C=C/CCSC(C)=O)OC(=O)[C@H](C(C)C)NC1=O. The van der Waals surface area contributed by atoms with Crippen LogP contribution in [0.4, 0.5) is 0 Å². The fourth-order valence-corrected chi connectivity index (χ4v) is 5.34. The smallest absolute Gasteiger partial charge is 0.329 e. The Morgan fingerprint density at radius 2 is 1.60 bits per heavy atom. The van der Waals surface area contributed by atoms with Crippen molar-refractivity contribution >= 4 is 63.1 Å². The number of thioether (sulfide) groups is 2. The van der Waals surface area contributed by atoms with E-state index in [1.165, 1.54) is 19.9 Å². The van der Waals surface area contributed by atoms with Gasteiger partial charge in [-0.15, -0.1) is 0 Å². The van der Waals surface area contributed by atoms with E-state index in [9.17, 15) is 33.6 Å². The van der Waals surface area contributed by atoms with Crippen LogP contribution in [0.5, 0.6) is 0 Å². The molecule has 0 spiro atoms. The molecule has 0 aromatic carbocycles. The van der Waals surface area contributed by atoms with Crippen LogP contribution in [0.2, 0.25) is 0 Å². The molecule has 10 nitrogen and oxygen atoms in total. The summed E-state index contributed by atoms with van der Waals surface area (Å²) < 4.78 is 5.70. The van der Waals surface area contributed by atoms with Gasteiger partial charge in [0.1, 0.15) is 17.9 Å². The lowest BCUT2D eigenvalue weighted by molar-refractivity contribution is -0.153. The van der Waals surface area contributed by atoms with Crippen molar-refractivity contribution < 1.29 is 38.3 Å². The Morgan fingerprint density at radius 3 is 2.14 bits per heavy atom. The van der Waals surface area contributed by atoms with E-state index in [-0.39, 0.29) is 58.4 Å². The van der Waals surface area contributed by atoms with Crippen molar-refractivity contribution in [3.05, 3.63) is 23.8 Å². The summed E-state index contributed by atoms with van der Waals surface area (Å²) in [5.41, 5.74) is 0.104. The molecular formula is C30H44N2O8S2. The van der Waals surface area contributed by atoms with Crippen LogP contribution < -0.4 is 10.6 Å². The van der Waals surface area contributed by atoms with Gasteiger partial charge < -0.3 is 15.4 Å². The lowest BCUT2D eigenvalue weighted by atomic mass is 9.88. The predicted molar refractivity (Wildman–Crippen MR) is 165 cm³/mol. The van der Waals surface area contributed by atoms with Crippen molar-refractivity contribution in [1.29, 1.82) is 0 Å². The van der Waals surface area contributed by atoms with Gasteiger partial charge in [0.15, 0.2) is 16.0 Å². The number of esters is 1. The quantitative estimate of drug-likeness (QED) is 0.177. The van der Waals surface area contributed by atoms with Gasteiger partial charge in [-0.1, -0.05) is 63.4 Å². The standard InChI is InChI=1S/C30H44N2O8S2/c1-8-21-13-26(36)25(16-42-20(7)34)31-29(38)24(17(2)3)15-22(35)14-23(11-9-10-12-41-19(6)33)40-30(39)27(18(4)5)32-28(21)37/h8-9,11,17-18,23-25,27H,10,12-16H2,1-7H3,(H,31,38)(H,32,37)/b11-9+,21-8-/t23-,24-,25-,27+/m1/s1. The average molecular weight is 625 g/mol. The molecule has 2 amide bonds. The molecule has 1 aliphatic heterocycles. The second-order valence-electron chi connectivity index (χ2n) is 10.8. The fourth-order valence-electron chi connectivity index (χ4n) is 4.12. The molecule has 1 saturated heterocycles. The monoisotopic (exact) mass is 624 g/mol. The van der Waals surface area contributed by atoms with Crippen molar-refractivity contribution in [2.75, 3.05) is 11.5 Å². The maximum Gasteiger partial charge on any atom is 0.329 e. The summed E-state index contributed by atoms with van der Waals surface area (Å²) >= 11 is 2.04. The lowest BCUT2D eigenvalue weighted by Gasteiger charge is -2.26. The van der Waals surface area contributed by atoms with Crippen molar-refractivity contribution in [2.45, 2.75) is 92.3 Å². The van der Waals surface area contributed by atoms with Crippen LogP contribution in [0.25, 0.3) is 0 Å². The molecular weight excluding hydrogens is 580 g/mol. The van der Waals surface area contributed by atoms with Crippen molar-refractivity contribution in [1.82, 2.24) is 10.6 Å². The van der Waals surface area contributed by atoms with Gasteiger partial charge in [-0.25, -0.2) is 4.79 Å². The Kier molecular flexibility index (Phi) is 16.6. The van der Waals surface area contributed by atoms with Gasteiger partial charge in [0.05, 0.1) is 6.04 Å². The van der Waals surface area contributed by atoms with Crippen molar-refractivity contribution in [3.63, 3.8) is 0 Å². The number of amides is 2. The number of hydrogen-bond acceptors (Lipinski definition) is 10. The predicted octanol–water partition coefficient (Wildman–Crippen LogP) is 3.57. The average Bonchev–Trinajstić information content (AvgIpc) is 2.89. The van der Waals surface area contributed by atoms with E-state index in [2.05, 4.69) is 10.6 Å². The lowest BCUT2D eigenvalue weighted by Crippen LogP contribution is -2.49. The minimum Gasteiger partial charge on any atom is -0.456 e. The topological polar surface area (TPSA) is 153 Å². The zero-order valence-corrected chi connectivity index (χ0v) is 27.2. The normalized spacial score (nSPS) is 24.7. The zero-order valence-electron chi connectivity index (χ0n) is 25.5. The molecule has 0 unspecified atom stereocenters. The number of nitrogens with one attached hydrogen (secondary N) is 2. The molecule has 0 bridgehead atoms. The highest BCUT2D eigenvalue weighted by atomic mass is 32.2. The molecule has 1 fully saturated rings. The molecule has 0 aromatic heterocycles. The first-order valence-electron chi connectivity index (χ1n) is 14.1. The molecule has 0 saturated carbocycles. The summed E-state index contributed by atoms with van der Waals surface area (Å²) in [5.74, 6) is -3.58. The Balaban J connectivity index is 3.46. The van der Waals surface area contributed by atoms with Crippen LogP contribution >= 0.6 is 23.5 Å². The number of hydrogen-bond donors (Lipinski definition) is 2. The molecule has 12 heteroatoms. The molecule has 42 heavy (non-hydrogen) atoms. The molecule has 2 N–H and O–H groups in total. The highest BCUT2D eigenvalue weighted by molar-refractivity contribution is 8.13. The molecule has 0 radical (unpaired) electrons. The van der Waals surface area contributed by atoms with Gasteiger partial charge in [0, 0.05) is 56.1 Å². The van der Waals surface area contributed by atoms with Gasteiger partial charge in [0.2, 0.25) is 11.8 Å². The van der Waals surface area contributed by atoms with Crippen LogP contribution in [0.15, 0.2) is 23.8 Å². The first-order valence-corrected chi connectivity index (χ1v) is 16.1. The highest BCUT2D eigenvalue weighted by Crippen LogP contribution is 2.21. The maximum absolute atomic E-state index is 13.3. The van der Waals surface area contributed by atoms with Crippen LogP contribution in [0.3, 0.4) is 0 Å². The first-order chi connectivity index (χ1) is 19.7. The number of carbonyl (C=O) groups is 7. The summed E-state index contributed by atoms with van der Waals surface area (Å²) in [6.45, 7) is 11.5. The third kappa shape index (κ3) is 13.5. The molecule has 1 aliphatic rings. The molecule has 1 heterocycles. The maximum atomic E-state index is 13.3. The van der Waals surface area contributed by atoms with Gasteiger partial charge >= 0.3 is 5.97 Å². The highest BCUT2D eigenvalue weighted by Gasteiger charge is 2.34. The number of ketones is 2.